The van der Waals surface area contributed by atoms with Gasteiger partial charge in [0, 0.05) is 6.42 Å². The lowest BCUT2D eigenvalue weighted by atomic mass is 9.96. The maximum absolute atomic E-state index is 10.9. The number of aliphatic hydroxyl groups is 1. The van der Waals surface area contributed by atoms with Crippen molar-refractivity contribution in [2.45, 2.75) is 64.4 Å². The molecule has 0 fully saturated rings. The second kappa shape index (κ2) is 9.88. The van der Waals surface area contributed by atoms with Gasteiger partial charge in [0.2, 0.25) is 0 Å². The van der Waals surface area contributed by atoms with E-state index in [4.69, 9.17) is 15.3 Å². The van der Waals surface area contributed by atoms with Gasteiger partial charge in [-0.1, -0.05) is 25.7 Å². The molecule has 0 radical (unpaired) electrons. The van der Waals surface area contributed by atoms with E-state index in [-0.39, 0.29) is 18.9 Å². The van der Waals surface area contributed by atoms with Crippen molar-refractivity contribution in [1.29, 1.82) is 0 Å². The number of aliphatic carboxylic acids is 2. The molecule has 0 aliphatic rings. The molecule has 0 bridgehead atoms. The number of carboxylic acids is 2. The third-order valence-corrected chi connectivity index (χ3v) is 2.98. The molecule has 0 saturated heterocycles. The molecule has 0 saturated carbocycles. The highest BCUT2D eigenvalue weighted by Gasteiger charge is 2.17. The van der Waals surface area contributed by atoms with E-state index < -0.39 is 17.9 Å². The molecule has 0 spiro atoms. The van der Waals surface area contributed by atoms with Crippen LogP contribution in [-0.4, -0.2) is 33.4 Å². The maximum Gasteiger partial charge on any atom is 0.306 e. The Morgan fingerprint density at radius 1 is 0.944 bits per heavy atom. The van der Waals surface area contributed by atoms with Gasteiger partial charge in [-0.2, -0.15) is 0 Å². The van der Waals surface area contributed by atoms with Crippen molar-refractivity contribution in [3.63, 3.8) is 0 Å². The van der Waals surface area contributed by atoms with Gasteiger partial charge in [0.1, 0.15) is 0 Å². The van der Waals surface area contributed by atoms with Crippen LogP contribution in [0.2, 0.25) is 0 Å². The van der Waals surface area contributed by atoms with Crippen molar-refractivity contribution in [2.75, 3.05) is 0 Å². The van der Waals surface area contributed by atoms with Gasteiger partial charge < -0.3 is 15.3 Å². The molecule has 106 valence electrons. The molecule has 0 aromatic carbocycles. The number of hydrogen-bond donors (Lipinski definition) is 3. The van der Waals surface area contributed by atoms with Gasteiger partial charge >= 0.3 is 11.9 Å². The summed E-state index contributed by atoms with van der Waals surface area (Å²) in [5.41, 5.74) is 0. The van der Waals surface area contributed by atoms with Crippen LogP contribution < -0.4 is 0 Å². The van der Waals surface area contributed by atoms with Crippen LogP contribution in [0.4, 0.5) is 0 Å². The molecule has 0 amide bonds. The van der Waals surface area contributed by atoms with Crippen molar-refractivity contribution in [1.82, 2.24) is 0 Å². The molecule has 2 atom stereocenters. The number of carboxylic acid groups (broad SMARTS) is 2. The lowest BCUT2D eigenvalue weighted by Gasteiger charge is -2.10. The van der Waals surface area contributed by atoms with E-state index in [0.717, 1.165) is 32.1 Å². The molecular weight excluding hydrogens is 236 g/mol. The second-order valence-electron chi connectivity index (χ2n) is 4.81. The minimum absolute atomic E-state index is 0.0843. The maximum atomic E-state index is 10.9. The summed E-state index contributed by atoms with van der Waals surface area (Å²) in [6, 6.07) is 0. The summed E-state index contributed by atoms with van der Waals surface area (Å²) in [4.78, 5) is 21.3. The van der Waals surface area contributed by atoms with E-state index in [1.807, 2.05) is 0 Å². The van der Waals surface area contributed by atoms with Crippen molar-refractivity contribution in [3.05, 3.63) is 0 Å². The van der Waals surface area contributed by atoms with Gasteiger partial charge in [-0.3, -0.25) is 9.59 Å². The van der Waals surface area contributed by atoms with E-state index in [0.29, 0.717) is 6.42 Å². The zero-order chi connectivity index (χ0) is 14.0. The standard InChI is InChI=1S/C13H24O5/c1-10(14)6-4-2-3-5-7-11(13(17)18)8-9-12(15)16/h10-11,14H,2-9H2,1H3,(H,15,16)(H,17,18)/t10-,11-/m0/s1. The topological polar surface area (TPSA) is 94.8 Å². The monoisotopic (exact) mass is 260 g/mol. The van der Waals surface area contributed by atoms with E-state index in [2.05, 4.69) is 0 Å². The van der Waals surface area contributed by atoms with Crippen LogP contribution in [0.5, 0.6) is 0 Å². The number of rotatable bonds is 11. The highest BCUT2D eigenvalue weighted by molar-refractivity contribution is 5.72. The Labute approximate surface area is 108 Å². The lowest BCUT2D eigenvalue weighted by Crippen LogP contribution is -2.15. The first-order valence-electron chi connectivity index (χ1n) is 6.56. The fourth-order valence-electron chi connectivity index (χ4n) is 1.87. The smallest absolute Gasteiger partial charge is 0.306 e. The first-order chi connectivity index (χ1) is 8.43. The quantitative estimate of drug-likeness (QED) is 0.495. The first-order valence-corrected chi connectivity index (χ1v) is 6.56. The lowest BCUT2D eigenvalue weighted by molar-refractivity contribution is -0.143. The summed E-state index contributed by atoms with van der Waals surface area (Å²) in [5.74, 6) is -2.39. The molecule has 0 aliphatic heterocycles. The third-order valence-electron chi connectivity index (χ3n) is 2.98. The zero-order valence-electron chi connectivity index (χ0n) is 11.0. The summed E-state index contributed by atoms with van der Waals surface area (Å²) in [7, 11) is 0. The van der Waals surface area contributed by atoms with E-state index in [1.54, 1.807) is 6.92 Å². The van der Waals surface area contributed by atoms with Crippen LogP contribution in [0.1, 0.15) is 58.3 Å². The van der Waals surface area contributed by atoms with Crippen LogP contribution in [0.3, 0.4) is 0 Å². The molecule has 0 aliphatic carbocycles. The second-order valence-corrected chi connectivity index (χ2v) is 4.81. The fraction of sp³-hybridized carbons (Fsp3) is 0.846. The van der Waals surface area contributed by atoms with Gasteiger partial charge in [0.25, 0.3) is 0 Å². The Kier molecular flexibility index (Phi) is 9.28. The normalized spacial score (nSPS) is 14.1. The van der Waals surface area contributed by atoms with Crippen molar-refractivity contribution in [2.24, 2.45) is 5.92 Å². The SMILES string of the molecule is C[C@H](O)CCCCCC[C@@H](CCC(=O)O)C(=O)O. The summed E-state index contributed by atoms with van der Waals surface area (Å²) in [6.45, 7) is 1.76. The zero-order valence-corrected chi connectivity index (χ0v) is 11.0. The summed E-state index contributed by atoms with van der Waals surface area (Å²) in [5, 5.41) is 26.5. The number of carbonyl (C=O) groups is 2. The molecule has 0 heterocycles. The Morgan fingerprint density at radius 3 is 1.94 bits per heavy atom. The highest BCUT2D eigenvalue weighted by Crippen LogP contribution is 2.17. The van der Waals surface area contributed by atoms with Gasteiger partial charge in [0.05, 0.1) is 12.0 Å². The predicted octanol–water partition coefficient (Wildman–Crippen LogP) is 2.27. The summed E-state index contributed by atoms with van der Waals surface area (Å²) < 4.78 is 0. The molecule has 5 heteroatoms. The predicted molar refractivity (Wildman–Crippen MR) is 67.4 cm³/mol. The van der Waals surface area contributed by atoms with Crippen LogP contribution in [0.25, 0.3) is 0 Å². The molecule has 18 heavy (non-hydrogen) atoms. The van der Waals surface area contributed by atoms with Gasteiger partial charge in [-0.15, -0.1) is 0 Å². The number of unbranched alkanes of at least 4 members (excludes halogenated alkanes) is 3. The Balaban J connectivity index is 3.64. The minimum Gasteiger partial charge on any atom is -0.481 e. The van der Waals surface area contributed by atoms with E-state index in [9.17, 15) is 9.59 Å². The van der Waals surface area contributed by atoms with E-state index >= 15 is 0 Å². The van der Waals surface area contributed by atoms with Crippen LogP contribution in [0, 0.1) is 5.92 Å². The molecule has 0 aromatic heterocycles. The Bertz CT molecular complexity index is 250. The minimum atomic E-state index is -0.946. The fourth-order valence-corrected chi connectivity index (χ4v) is 1.87. The third kappa shape index (κ3) is 10.1. The molecule has 0 unspecified atom stereocenters. The van der Waals surface area contributed by atoms with Crippen molar-refractivity contribution in [3.8, 4) is 0 Å². The Hall–Kier alpha value is -1.10. The Morgan fingerprint density at radius 2 is 1.50 bits per heavy atom. The van der Waals surface area contributed by atoms with Crippen LogP contribution >= 0.6 is 0 Å². The summed E-state index contributed by atoms with van der Waals surface area (Å²) >= 11 is 0. The number of aliphatic hydroxyl groups excluding tert-OH is 1. The molecular formula is C13H24O5. The van der Waals surface area contributed by atoms with Gasteiger partial charge in [-0.05, 0) is 26.2 Å². The first kappa shape index (κ1) is 16.9. The van der Waals surface area contributed by atoms with Gasteiger partial charge in [-0.25, -0.2) is 0 Å². The highest BCUT2D eigenvalue weighted by atomic mass is 16.4. The van der Waals surface area contributed by atoms with Crippen LogP contribution in [-0.2, 0) is 9.59 Å². The summed E-state index contributed by atoms with van der Waals surface area (Å²) in [6.07, 6.45) is 4.84. The average molecular weight is 260 g/mol. The largest absolute Gasteiger partial charge is 0.481 e. The molecule has 0 rings (SSSR count). The molecule has 5 nitrogen and oxygen atoms in total. The van der Waals surface area contributed by atoms with Crippen molar-refractivity contribution < 1.29 is 24.9 Å². The average Bonchev–Trinajstić information content (AvgIpc) is 2.25. The van der Waals surface area contributed by atoms with Gasteiger partial charge in [0.15, 0.2) is 0 Å². The van der Waals surface area contributed by atoms with Crippen LogP contribution in [0.15, 0.2) is 0 Å². The van der Waals surface area contributed by atoms with Crippen molar-refractivity contribution >= 4 is 11.9 Å². The molecule has 0 aromatic rings. The number of hydrogen-bond acceptors (Lipinski definition) is 3. The molecule has 3 N–H and O–H groups in total. The van der Waals surface area contributed by atoms with E-state index in [1.165, 1.54) is 0 Å².